The first-order chi connectivity index (χ1) is 13.1. The first-order valence-corrected chi connectivity index (χ1v) is 9.34. The molecule has 7 heteroatoms. The summed E-state index contributed by atoms with van der Waals surface area (Å²) in [7, 11) is 1.60. The van der Waals surface area contributed by atoms with Gasteiger partial charge in [0, 0.05) is 37.9 Å². The van der Waals surface area contributed by atoms with Crippen molar-refractivity contribution in [1.82, 2.24) is 14.9 Å². The minimum Gasteiger partial charge on any atom is -0.376 e. The van der Waals surface area contributed by atoms with Crippen LogP contribution in [-0.2, 0) is 4.74 Å². The number of amides is 1. The first-order valence-electron chi connectivity index (χ1n) is 9.34. The maximum atomic E-state index is 13.6. The van der Waals surface area contributed by atoms with Gasteiger partial charge in [0.2, 0.25) is 0 Å². The number of carbonyl (C=O) groups excluding carboxylic acids is 1. The second-order valence-electron chi connectivity index (χ2n) is 6.61. The Hall–Kier alpha value is -2.54. The van der Waals surface area contributed by atoms with Gasteiger partial charge in [-0.2, -0.15) is 0 Å². The molecule has 1 fully saturated rings. The van der Waals surface area contributed by atoms with Crippen LogP contribution in [0.25, 0.3) is 11.4 Å². The highest BCUT2D eigenvalue weighted by Crippen LogP contribution is 2.22. The Labute approximate surface area is 158 Å². The molecular weight excluding hydrogens is 347 g/mol. The van der Waals surface area contributed by atoms with E-state index >= 15 is 0 Å². The van der Waals surface area contributed by atoms with Gasteiger partial charge >= 0.3 is 0 Å². The Morgan fingerprint density at radius 3 is 3.07 bits per heavy atom. The Bertz CT molecular complexity index is 799. The Morgan fingerprint density at radius 1 is 1.44 bits per heavy atom. The van der Waals surface area contributed by atoms with Gasteiger partial charge in [-0.25, -0.2) is 14.4 Å². The van der Waals surface area contributed by atoms with Crippen LogP contribution in [0, 0.1) is 5.82 Å². The van der Waals surface area contributed by atoms with Crippen LogP contribution >= 0.6 is 0 Å². The summed E-state index contributed by atoms with van der Waals surface area (Å²) in [5.41, 5.74) is 1.25. The highest BCUT2D eigenvalue weighted by molar-refractivity contribution is 5.95. The van der Waals surface area contributed by atoms with Crippen LogP contribution in [0.5, 0.6) is 0 Å². The van der Waals surface area contributed by atoms with E-state index in [9.17, 15) is 9.18 Å². The van der Waals surface area contributed by atoms with Crippen molar-refractivity contribution in [1.29, 1.82) is 0 Å². The lowest BCUT2D eigenvalue weighted by atomic mass is 10.0. The number of benzene rings is 1. The first kappa shape index (κ1) is 19.2. The third-order valence-corrected chi connectivity index (χ3v) is 4.57. The summed E-state index contributed by atoms with van der Waals surface area (Å²) in [6.45, 7) is 4.14. The maximum absolute atomic E-state index is 13.6. The summed E-state index contributed by atoms with van der Waals surface area (Å²) < 4.78 is 19.4. The Balaban J connectivity index is 1.77. The van der Waals surface area contributed by atoms with E-state index in [1.165, 1.54) is 0 Å². The number of halogens is 1. The molecule has 0 aliphatic carbocycles. The highest BCUT2D eigenvalue weighted by Gasteiger charge is 2.25. The van der Waals surface area contributed by atoms with E-state index in [4.69, 9.17) is 4.74 Å². The lowest BCUT2D eigenvalue weighted by Crippen LogP contribution is -2.43. The Morgan fingerprint density at radius 2 is 2.30 bits per heavy atom. The molecule has 2 heterocycles. The molecule has 1 aromatic carbocycles. The molecule has 27 heavy (non-hydrogen) atoms. The average Bonchev–Trinajstić information content (AvgIpc) is 2.72. The van der Waals surface area contributed by atoms with E-state index in [1.807, 2.05) is 11.0 Å². The number of ether oxygens (including phenoxy) is 1. The number of hydrogen-bond acceptors (Lipinski definition) is 5. The molecule has 1 unspecified atom stereocenters. The monoisotopic (exact) mass is 372 g/mol. The van der Waals surface area contributed by atoms with Gasteiger partial charge < -0.3 is 15.0 Å². The summed E-state index contributed by atoms with van der Waals surface area (Å²) in [6.07, 6.45) is 4.12. The average molecular weight is 372 g/mol. The second kappa shape index (κ2) is 8.90. The lowest BCUT2D eigenvalue weighted by Gasteiger charge is -2.32. The van der Waals surface area contributed by atoms with Crippen LogP contribution in [0.3, 0.4) is 0 Å². The number of aromatic nitrogens is 2. The zero-order valence-electron chi connectivity index (χ0n) is 15.7. The van der Waals surface area contributed by atoms with Crippen molar-refractivity contribution in [2.45, 2.75) is 32.3 Å². The van der Waals surface area contributed by atoms with Crippen LogP contribution in [0.1, 0.15) is 36.5 Å². The quantitative estimate of drug-likeness (QED) is 0.842. The van der Waals surface area contributed by atoms with Crippen molar-refractivity contribution in [3.63, 3.8) is 0 Å². The van der Waals surface area contributed by atoms with Crippen molar-refractivity contribution < 1.29 is 13.9 Å². The summed E-state index contributed by atoms with van der Waals surface area (Å²) >= 11 is 0. The number of hydrogen-bond donors (Lipinski definition) is 1. The smallest absolute Gasteiger partial charge is 0.253 e. The van der Waals surface area contributed by atoms with E-state index in [0.29, 0.717) is 23.5 Å². The van der Waals surface area contributed by atoms with Crippen LogP contribution in [0.2, 0.25) is 0 Å². The third-order valence-electron chi connectivity index (χ3n) is 4.57. The number of carbonyl (C=O) groups is 1. The predicted molar refractivity (Wildman–Crippen MR) is 102 cm³/mol. The molecule has 1 atom stereocenters. The summed E-state index contributed by atoms with van der Waals surface area (Å²) in [6, 6.07) is 7.15. The van der Waals surface area contributed by atoms with Crippen molar-refractivity contribution in [2.24, 2.45) is 0 Å². The number of likely N-dealkylation sites (tertiary alicyclic amines) is 1. The number of nitrogens with zero attached hydrogens (tertiary/aromatic N) is 3. The molecule has 0 bridgehead atoms. The number of nitrogens with one attached hydrogen (secondary N) is 1. The normalized spacial score (nSPS) is 17.0. The molecule has 0 spiro atoms. The SMILES string of the molecule is CCCOC1CCCN(C(=O)c2cccc(-c3ncc(F)c(NC)n3)c2)C1. The lowest BCUT2D eigenvalue weighted by molar-refractivity contribution is 0.00211. The molecule has 3 rings (SSSR count). The van der Waals surface area contributed by atoms with Gasteiger partial charge in [0.1, 0.15) is 0 Å². The number of piperidine rings is 1. The van der Waals surface area contributed by atoms with E-state index < -0.39 is 5.82 Å². The van der Waals surface area contributed by atoms with Crippen LogP contribution in [-0.4, -0.2) is 53.6 Å². The van der Waals surface area contributed by atoms with E-state index in [1.54, 1.807) is 25.2 Å². The largest absolute Gasteiger partial charge is 0.376 e. The fourth-order valence-electron chi connectivity index (χ4n) is 3.20. The summed E-state index contributed by atoms with van der Waals surface area (Å²) in [5, 5.41) is 2.70. The molecule has 1 aromatic heterocycles. The predicted octanol–water partition coefficient (Wildman–Crippen LogP) is 3.36. The molecule has 6 nitrogen and oxygen atoms in total. The van der Waals surface area contributed by atoms with Crippen molar-refractivity contribution in [3.05, 3.63) is 41.8 Å². The topological polar surface area (TPSA) is 67.3 Å². The molecule has 0 radical (unpaired) electrons. The van der Waals surface area contributed by atoms with Crippen LogP contribution in [0.15, 0.2) is 30.5 Å². The van der Waals surface area contributed by atoms with Gasteiger partial charge in [0.15, 0.2) is 17.5 Å². The van der Waals surface area contributed by atoms with Crippen molar-refractivity contribution in [2.75, 3.05) is 32.1 Å². The molecule has 2 aromatic rings. The zero-order valence-corrected chi connectivity index (χ0v) is 15.7. The van der Waals surface area contributed by atoms with E-state index in [-0.39, 0.29) is 17.8 Å². The molecular formula is C20H25FN4O2. The molecule has 1 aliphatic rings. The molecule has 1 amide bonds. The van der Waals surface area contributed by atoms with Crippen LogP contribution in [0.4, 0.5) is 10.2 Å². The van der Waals surface area contributed by atoms with Crippen molar-refractivity contribution in [3.8, 4) is 11.4 Å². The molecule has 1 saturated heterocycles. The standard InChI is InChI=1S/C20H25FN4O2/c1-3-10-27-16-8-5-9-25(13-16)20(26)15-7-4-6-14(11-15)18-23-12-17(21)19(22-2)24-18/h4,6-7,11-12,16H,3,5,8-10,13H2,1-2H3,(H,22,23,24). The number of anilines is 1. The Kier molecular flexibility index (Phi) is 6.34. The molecule has 0 saturated carbocycles. The minimum absolute atomic E-state index is 0.0300. The van der Waals surface area contributed by atoms with Gasteiger partial charge in [-0.05, 0) is 31.4 Å². The van der Waals surface area contributed by atoms with Gasteiger partial charge in [-0.15, -0.1) is 0 Å². The van der Waals surface area contributed by atoms with Crippen molar-refractivity contribution >= 4 is 11.7 Å². The highest BCUT2D eigenvalue weighted by atomic mass is 19.1. The van der Waals surface area contributed by atoms with E-state index in [2.05, 4.69) is 22.2 Å². The molecule has 1 N–H and O–H groups in total. The van der Waals surface area contributed by atoms with Crippen LogP contribution < -0.4 is 5.32 Å². The summed E-state index contributed by atoms with van der Waals surface area (Å²) in [5.74, 6) is -0.0422. The fraction of sp³-hybridized carbons (Fsp3) is 0.450. The second-order valence-corrected chi connectivity index (χ2v) is 6.61. The van der Waals surface area contributed by atoms with Gasteiger partial charge in [-0.1, -0.05) is 19.1 Å². The third kappa shape index (κ3) is 4.60. The van der Waals surface area contributed by atoms with E-state index in [0.717, 1.165) is 38.6 Å². The summed E-state index contributed by atoms with van der Waals surface area (Å²) in [4.78, 5) is 23.0. The van der Waals surface area contributed by atoms with Gasteiger partial charge in [0.25, 0.3) is 5.91 Å². The minimum atomic E-state index is -0.514. The molecule has 144 valence electrons. The zero-order chi connectivity index (χ0) is 19.2. The number of rotatable bonds is 6. The maximum Gasteiger partial charge on any atom is 0.253 e. The fourth-order valence-corrected chi connectivity index (χ4v) is 3.20. The molecule has 1 aliphatic heterocycles. The van der Waals surface area contributed by atoms with Gasteiger partial charge in [0.05, 0.1) is 12.3 Å². The van der Waals surface area contributed by atoms with Gasteiger partial charge in [-0.3, -0.25) is 4.79 Å².